The van der Waals surface area contributed by atoms with Crippen molar-refractivity contribution in [3.8, 4) is 0 Å². The van der Waals surface area contributed by atoms with Crippen LogP contribution in [-0.2, 0) is 32.7 Å². The molecule has 3 aromatic rings. The summed E-state index contributed by atoms with van der Waals surface area (Å²) in [4.78, 5) is 25.8. The molecule has 9 heteroatoms. The molecule has 3 heterocycles. The average molecular weight is 540 g/mol. The third-order valence-corrected chi connectivity index (χ3v) is 7.64. The minimum atomic E-state index is -1.82. The maximum absolute atomic E-state index is 9.10. The fourth-order valence-electron chi connectivity index (χ4n) is 4.98. The van der Waals surface area contributed by atoms with E-state index in [4.69, 9.17) is 41.1 Å². The first kappa shape index (κ1) is 27.8. The number of hydrogen-bond donors (Lipinski definition) is 2. The third-order valence-electron chi connectivity index (χ3n) is 7.38. The number of rotatable bonds is 4. The molecule has 8 nitrogen and oxygen atoms in total. The molecule has 5 rings (SSSR count). The number of halogens is 1. The molecular weight excluding hydrogens is 506 g/mol. The molecule has 2 aromatic carbocycles. The number of hydrogen-bond acceptors (Lipinski definition) is 5. The number of aromatic nitrogens is 2. The second-order valence-electron chi connectivity index (χ2n) is 10.4. The molecule has 2 aliphatic heterocycles. The predicted octanol–water partition coefficient (Wildman–Crippen LogP) is 4.77. The van der Waals surface area contributed by atoms with Crippen LogP contribution in [0.25, 0.3) is 0 Å². The first-order chi connectivity index (χ1) is 18.1. The van der Waals surface area contributed by atoms with E-state index >= 15 is 0 Å². The summed E-state index contributed by atoms with van der Waals surface area (Å²) >= 11 is 6.14. The molecule has 2 aliphatic rings. The smallest absolute Gasteiger partial charge is 0.414 e. The molecule has 0 spiro atoms. The second-order valence-corrected chi connectivity index (χ2v) is 10.8. The van der Waals surface area contributed by atoms with Crippen molar-refractivity contribution in [3.05, 3.63) is 88.0 Å². The summed E-state index contributed by atoms with van der Waals surface area (Å²) in [6.45, 7) is 7.56. The van der Waals surface area contributed by atoms with E-state index in [0.717, 1.165) is 55.4 Å². The van der Waals surface area contributed by atoms with Crippen molar-refractivity contribution in [3.63, 3.8) is 0 Å². The lowest BCUT2D eigenvalue weighted by Crippen LogP contribution is -2.35. The first-order valence-corrected chi connectivity index (χ1v) is 13.2. The molecule has 0 saturated carbocycles. The van der Waals surface area contributed by atoms with Crippen molar-refractivity contribution in [2.75, 3.05) is 20.1 Å². The Labute approximate surface area is 227 Å². The number of ether oxygens (including phenoxy) is 1. The lowest BCUT2D eigenvalue weighted by atomic mass is 9.82. The zero-order chi connectivity index (χ0) is 27.4. The van der Waals surface area contributed by atoms with Crippen LogP contribution in [-0.4, -0.2) is 62.8 Å². The van der Waals surface area contributed by atoms with Crippen LogP contribution in [0.5, 0.6) is 0 Å². The summed E-state index contributed by atoms with van der Waals surface area (Å²) in [6.07, 6.45) is 5.50. The van der Waals surface area contributed by atoms with E-state index in [9.17, 15) is 0 Å². The van der Waals surface area contributed by atoms with Crippen molar-refractivity contribution in [1.29, 1.82) is 0 Å². The van der Waals surface area contributed by atoms with Crippen LogP contribution in [0.15, 0.2) is 54.7 Å². The number of likely N-dealkylation sites (tertiary alicyclic amines) is 1. The number of piperidine rings is 1. The molecule has 1 aromatic heterocycles. The standard InChI is InChI=1S/C27H32ClN3O.C2H2O4/c1-27(2,20-8-10-21(28)11-9-20)24-18-31-17-12-19-6-4-5-7-23(19)25(26(31)29-24)32-22-13-15-30(3)16-14-22;3-1(4)2(5)6/h4-11,18,22,25H,12-17H2,1-3H3;(H,3,4)(H,5,6). The summed E-state index contributed by atoms with van der Waals surface area (Å²) in [6, 6.07) is 16.9. The Morgan fingerprint density at radius 3 is 2.26 bits per heavy atom. The van der Waals surface area contributed by atoms with Gasteiger partial charge in [0.1, 0.15) is 11.9 Å². The molecule has 1 saturated heterocycles. The Hall–Kier alpha value is -3.20. The zero-order valence-electron chi connectivity index (χ0n) is 21.9. The second kappa shape index (κ2) is 11.7. The van der Waals surface area contributed by atoms with Crippen molar-refractivity contribution in [2.24, 2.45) is 0 Å². The Bertz CT molecular complexity index is 1270. The van der Waals surface area contributed by atoms with Crippen LogP contribution in [0.2, 0.25) is 5.02 Å². The van der Waals surface area contributed by atoms with Crippen molar-refractivity contribution >= 4 is 23.5 Å². The van der Waals surface area contributed by atoms with Gasteiger partial charge in [0.15, 0.2) is 0 Å². The van der Waals surface area contributed by atoms with Gasteiger partial charge in [-0.25, -0.2) is 14.6 Å². The molecule has 0 radical (unpaired) electrons. The predicted molar refractivity (Wildman–Crippen MR) is 145 cm³/mol. The van der Waals surface area contributed by atoms with Crippen LogP contribution < -0.4 is 0 Å². The summed E-state index contributed by atoms with van der Waals surface area (Å²) in [5.41, 5.74) is 4.71. The molecular formula is C29H34ClN3O5. The van der Waals surface area contributed by atoms with Crippen LogP contribution in [0.3, 0.4) is 0 Å². The van der Waals surface area contributed by atoms with Gasteiger partial charge in [-0.15, -0.1) is 0 Å². The lowest BCUT2D eigenvalue weighted by Gasteiger charge is -2.32. The van der Waals surface area contributed by atoms with Gasteiger partial charge in [0, 0.05) is 36.3 Å². The van der Waals surface area contributed by atoms with Gasteiger partial charge in [-0.3, -0.25) is 0 Å². The van der Waals surface area contributed by atoms with Gasteiger partial charge in [-0.05, 0) is 55.1 Å². The number of nitrogens with zero attached hydrogens (tertiary/aromatic N) is 3. The van der Waals surface area contributed by atoms with Gasteiger partial charge in [0.25, 0.3) is 0 Å². The number of imidazole rings is 1. The maximum Gasteiger partial charge on any atom is 0.414 e. The molecule has 1 unspecified atom stereocenters. The Morgan fingerprint density at radius 1 is 1.00 bits per heavy atom. The number of fused-ring (bicyclic) bond motifs is 2. The van der Waals surface area contributed by atoms with Crippen LogP contribution in [0, 0.1) is 0 Å². The van der Waals surface area contributed by atoms with Gasteiger partial charge < -0.3 is 24.4 Å². The topological polar surface area (TPSA) is 105 Å². The van der Waals surface area contributed by atoms with E-state index in [1.165, 1.54) is 16.7 Å². The fourth-order valence-corrected chi connectivity index (χ4v) is 5.11. The lowest BCUT2D eigenvalue weighted by molar-refractivity contribution is -0.159. The summed E-state index contributed by atoms with van der Waals surface area (Å²) in [5, 5.41) is 15.5. The van der Waals surface area contributed by atoms with Crippen molar-refractivity contribution in [2.45, 2.75) is 57.3 Å². The van der Waals surface area contributed by atoms with Crippen molar-refractivity contribution < 1.29 is 24.5 Å². The van der Waals surface area contributed by atoms with Crippen molar-refractivity contribution in [1.82, 2.24) is 14.5 Å². The molecule has 202 valence electrons. The SMILES string of the molecule is CN1CCC(OC2c3ccccc3CCn3cc(C(C)(C)c4ccc(Cl)cc4)nc32)CC1.O=C(O)C(=O)O. The quantitative estimate of drug-likeness (QED) is 0.460. The number of aryl methyl sites for hydroxylation is 2. The Morgan fingerprint density at radius 2 is 1.63 bits per heavy atom. The summed E-state index contributed by atoms with van der Waals surface area (Å²) < 4.78 is 9.16. The molecule has 0 aliphatic carbocycles. The van der Waals surface area contributed by atoms with Crippen LogP contribution >= 0.6 is 11.6 Å². The normalized spacial score (nSPS) is 17.9. The number of carbonyl (C=O) groups is 2. The third kappa shape index (κ3) is 6.26. The van der Waals surface area contributed by atoms with Crippen LogP contribution in [0.4, 0.5) is 0 Å². The zero-order valence-corrected chi connectivity index (χ0v) is 22.7. The highest BCUT2D eigenvalue weighted by Gasteiger charge is 2.34. The maximum atomic E-state index is 9.10. The Balaban J connectivity index is 0.000000505. The van der Waals surface area contributed by atoms with E-state index in [1.807, 2.05) is 12.1 Å². The molecule has 0 bridgehead atoms. The van der Waals surface area contributed by atoms with Gasteiger partial charge in [-0.2, -0.15) is 0 Å². The highest BCUT2D eigenvalue weighted by Crippen LogP contribution is 2.38. The van der Waals surface area contributed by atoms with E-state index in [0.29, 0.717) is 0 Å². The minimum Gasteiger partial charge on any atom is -0.473 e. The van der Waals surface area contributed by atoms with Crippen LogP contribution in [0.1, 0.15) is 61.0 Å². The van der Waals surface area contributed by atoms with E-state index < -0.39 is 11.9 Å². The number of carboxylic acids is 2. The fraction of sp³-hybridized carbons (Fsp3) is 0.414. The van der Waals surface area contributed by atoms with E-state index in [2.05, 4.69) is 73.0 Å². The average Bonchev–Trinajstić information content (AvgIpc) is 3.27. The summed E-state index contributed by atoms with van der Waals surface area (Å²) in [5.74, 6) is -2.61. The molecule has 2 N–H and O–H groups in total. The van der Waals surface area contributed by atoms with Gasteiger partial charge >= 0.3 is 11.9 Å². The number of benzene rings is 2. The largest absolute Gasteiger partial charge is 0.473 e. The molecule has 0 amide bonds. The van der Waals surface area contributed by atoms with Gasteiger partial charge in [0.2, 0.25) is 0 Å². The number of aliphatic carboxylic acids is 2. The highest BCUT2D eigenvalue weighted by atomic mass is 35.5. The highest BCUT2D eigenvalue weighted by molar-refractivity contribution is 6.30. The molecule has 38 heavy (non-hydrogen) atoms. The monoisotopic (exact) mass is 539 g/mol. The summed E-state index contributed by atoms with van der Waals surface area (Å²) in [7, 11) is 2.19. The molecule has 1 atom stereocenters. The number of carboxylic acid groups (broad SMARTS) is 2. The van der Waals surface area contributed by atoms with E-state index in [1.54, 1.807) is 0 Å². The van der Waals surface area contributed by atoms with E-state index in [-0.39, 0.29) is 17.6 Å². The van der Waals surface area contributed by atoms with Gasteiger partial charge in [0.05, 0.1) is 11.8 Å². The Kier molecular flexibility index (Phi) is 8.55. The molecule has 1 fully saturated rings. The first-order valence-electron chi connectivity index (χ1n) is 12.8. The minimum absolute atomic E-state index is 0.128. The van der Waals surface area contributed by atoms with Gasteiger partial charge in [-0.1, -0.05) is 61.8 Å².